The van der Waals surface area contributed by atoms with Crippen LogP contribution in [-0.2, 0) is 6.42 Å². The van der Waals surface area contributed by atoms with Gasteiger partial charge in [0.25, 0.3) is 0 Å². The lowest BCUT2D eigenvalue weighted by molar-refractivity contribution is 0.383. The molecular formula is C12H16N2O. The minimum absolute atomic E-state index is 0.548. The van der Waals surface area contributed by atoms with E-state index in [0.717, 1.165) is 18.3 Å². The van der Waals surface area contributed by atoms with Gasteiger partial charge in [0.15, 0.2) is 0 Å². The predicted octanol–water partition coefficient (Wildman–Crippen LogP) is 1.69. The largest absolute Gasteiger partial charge is 0.481 e. The van der Waals surface area contributed by atoms with Crippen molar-refractivity contribution in [3.05, 3.63) is 23.4 Å². The van der Waals surface area contributed by atoms with Gasteiger partial charge in [0.05, 0.1) is 7.11 Å². The van der Waals surface area contributed by atoms with Crippen LogP contribution in [0.4, 0.5) is 0 Å². The van der Waals surface area contributed by atoms with Gasteiger partial charge in [0.2, 0.25) is 5.88 Å². The van der Waals surface area contributed by atoms with E-state index in [1.165, 1.54) is 30.4 Å². The highest BCUT2D eigenvalue weighted by Gasteiger charge is 2.33. The van der Waals surface area contributed by atoms with Crippen LogP contribution >= 0.6 is 0 Å². The van der Waals surface area contributed by atoms with Crippen LogP contribution in [0.2, 0.25) is 0 Å². The first-order valence-corrected chi connectivity index (χ1v) is 5.64. The highest BCUT2D eigenvalue weighted by molar-refractivity contribution is 5.35. The zero-order valence-corrected chi connectivity index (χ0v) is 8.99. The molecule has 0 aromatic carbocycles. The molecule has 15 heavy (non-hydrogen) atoms. The van der Waals surface area contributed by atoms with Crippen LogP contribution in [0.1, 0.15) is 30.0 Å². The van der Waals surface area contributed by atoms with Crippen molar-refractivity contribution in [3.8, 4) is 5.88 Å². The van der Waals surface area contributed by atoms with Crippen LogP contribution in [0.5, 0.6) is 5.88 Å². The molecule has 0 saturated carbocycles. The Morgan fingerprint density at radius 3 is 3.27 bits per heavy atom. The van der Waals surface area contributed by atoms with E-state index in [4.69, 9.17) is 4.74 Å². The van der Waals surface area contributed by atoms with Gasteiger partial charge in [0, 0.05) is 18.3 Å². The van der Waals surface area contributed by atoms with Gasteiger partial charge in [-0.15, -0.1) is 0 Å². The number of nitrogens with one attached hydrogen (secondary N) is 1. The SMILES string of the molecule is COc1cc2c(cn1)C1NCCC1CC2. The first-order valence-electron chi connectivity index (χ1n) is 5.64. The minimum Gasteiger partial charge on any atom is -0.481 e. The summed E-state index contributed by atoms with van der Waals surface area (Å²) in [6.07, 6.45) is 5.79. The molecule has 1 aliphatic heterocycles. The van der Waals surface area contributed by atoms with Crippen LogP contribution in [0.15, 0.2) is 12.3 Å². The number of ether oxygens (including phenoxy) is 1. The van der Waals surface area contributed by atoms with Gasteiger partial charge >= 0.3 is 0 Å². The lowest BCUT2D eigenvalue weighted by Crippen LogP contribution is -2.23. The molecule has 0 bridgehead atoms. The third kappa shape index (κ3) is 1.42. The number of aryl methyl sites for hydroxylation is 1. The van der Waals surface area contributed by atoms with Gasteiger partial charge in [-0.05, 0) is 42.9 Å². The topological polar surface area (TPSA) is 34.1 Å². The average molecular weight is 204 g/mol. The van der Waals surface area contributed by atoms with Gasteiger partial charge in [0.1, 0.15) is 0 Å². The molecule has 0 spiro atoms. The quantitative estimate of drug-likeness (QED) is 0.756. The van der Waals surface area contributed by atoms with Crippen LogP contribution < -0.4 is 10.1 Å². The van der Waals surface area contributed by atoms with E-state index in [2.05, 4.69) is 16.4 Å². The molecule has 2 unspecified atom stereocenters. The lowest BCUT2D eigenvalue weighted by atomic mass is 9.81. The summed E-state index contributed by atoms with van der Waals surface area (Å²) >= 11 is 0. The Bertz CT molecular complexity index is 378. The van der Waals surface area contributed by atoms with E-state index in [1.54, 1.807) is 7.11 Å². The van der Waals surface area contributed by atoms with Crippen molar-refractivity contribution in [2.24, 2.45) is 5.92 Å². The standard InChI is InChI=1S/C12H16N2O/c1-15-11-6-9-3-2-8-4-5-13-12(8)10(9)7-14-11/h6-8,12-13H,2-5H2,1H3. The molecule has 3 rings (SSSR count). The fourth-order valence-corrected chi connectivity index (χ4v) is 2.87. The van der Waals surface area contributed by atoms with E-state index in [0.29, 0.717) is 6.04 Å². The minimum atomic E-state index is 0.548. The number of aromatic nitrogens is 1. The second kappa shape index (κ2) is 3.49. The Hall–Kier alpha value is -1.09. The molecule has 2 atom stereocenters. The highest BCUT2D eigenvalue weighted by atomic mass is 16.5. The fraction of sp³-hybridized carbons (Fsp3) is 0.583. The Kier molecular flexibility index (Phi) is 2.13. The van der Waals surface area contributed by atoms with Gasteiger partial charge in [-0.25, -0.2) is 4.98 Å². The van der Waals surface area contributed by atoms with Crippen molar-refractivity contribution in [2.75, 3.05) is 13.7 Å². The molecular weight excluding hydrogens is 188 g/mol. The molecule has 2 heterocycles. The number of nitrogens with zero attached hydrogens (tertiary/aromatic N) is 1. The number of rotatable bonds is 1. The van der Waals surface area contributed by atoms with Crippen molar-refractivity contribution in [1.82, 2.24) is 10.3 Å². The van der Waals surface area contributed by atoms with E-state index < -0.39 is 0 Å². The molecule has 3 heteroatoms. The maximum Gasteiger partial charge on any atom is 0.213 e. The molecule has 0 radical (unpaired) electrons. The number of fused-ring (bicyclic) bond motifs is 3. The molecule has 80 valence electrons. The van der Waals surface area contributed by atoms with Crippen LogP contribution in [0.25, 0.3) is 0 Å². The third-order valence-electron chi connectivity index (χ3n) is 3.68. The maximum atomic E-state index is 5.16. The molecule has 3 nitrogen and oxygen atoms in total. The molecule has 2 aliphatic rings. The van der Waals surface area contributed by atoms with E-state index >= 15 is 0 Å². The van der Waals surface area contributed by atoms with Crippen molar-refractivity contribution in [3.63, 3.8) is 0 Å². The predicted molar refractivity (Wildman–Crippen MR) is 58.0 cm³/mol. The molecule has 1 saturated heterocycles. The van der Waals surface area contributed by atoms with Crippen molar-refractivity contribution in [2.45, 2.75) is 25.3 Å². The van der Waals surface area contributed by atoms with Gasteiger partial charge in [-0.2, -0.15) is 0 Å². The second-order valence-electron chi connectivity index (χ2n) is 4.44. The van der Waals surface area contributed by atoms with E-state index in [9.17, 15) is 0 Å². The molecule has 1 aliphatic carbocycles. The number of methoxy groups -OCH3 is 1. The molecule has 1 fully saturated rings. The first kappa shape index (κ1) is 9.16. The normalized spacial score (nSPS) is 28.3. The van der Waals surface area contributed by atoms with Gasteiger partial charge in [-0.3, -0.25) is 0 Å². The van der Waals surface area contributed by atoms with Crippen molar-refractivity contribution >= 4 is 0 Å². The Balaban J connectivity index is 2.00. The van der Waals surface area contributed by atoms with E-state index in [-0.39, 0.29) is 0 Å². The lowest BCUT2D eigenvalue weighted by Gasteiger charge is -2.27. The molecule has 0 amide bonds. The molecule has 1 aromatic heterocycles. The zero-order valence-electron chi connectivity index (χ0n) is 8.99. The fourth-order valence-electron chi connectivity index (χ4n) is 2.87. The molecule has 1 aromatic rings. The summed E-state index contributed by atoms with van der Waals surface area (Å²) in [4.78, 5) is 4.31. The van der Waals surface area contributed by atoms with Crippen molar-refractivity contribution in [1.29, 1.82) is 0 Å². The summed E-state index contributed by atoms with van der Waals surface area (Å²) in [6.45, 7) is 1.15. The Morgan fingerprint density at radius 1 is 1.47 bits per heavy atom. The monoisotopic (exact) mass is 204 g/mol. The summed E-state index contributed by atoms with van der Waals surface area (Å²) in [7, 11) is 1.67. The van der Waals surface area contributed by atoms with E-state index in [1.807, 2.05) is 6.20 Å². The highest BCUT2D eigenvalue weighted by Crippen LogP contribution is 2.39. The smallest absolute Gasteiger partial charge is 0.213 e. The molecule has 1 N–H and O–H groups in total. The average Bonchev–Trinajstić information content (AvgIpc) is 2.76. The summed E-state index contributed by atoms with van der Waals surface area (Å²) in [5.74, 6) is 1.57. The van der Waals surface area contributed by atoms with Gasteiger partial charge in [-0.1, -0.05) is 0 Å². The Labute approximate surface area is 89.9 Å². The third-order valence-corrected chi connectivity index (χ3v) is 3.68. The van der Waals surface area contributed by atoms with Crippen LogP contribution in [0.3, 0.4) is 0 Å². The number of pyridine rings is 1. The van der Waals surface area contributed by atoms with Gasteiger partial charge < -0.3 is 10.1 Å². The summed E-state index contributed by atoms with van der Waals surface area (Å²) in [6, 6.07) is 2.64. The number of hydrogen-bond acceptors (Lipinski definition) is 3. The number of hydrogen-bond donors (Lipinski definition) is 1. The van der Waals surface area contributed by atoms with Crippen molar-refractivity contribution < 1.29 is 4.74 Å². The maximum absolute atomic E-state index is 5.16. The Morgan fingerprint density at radius 2 is 2.40 bits per heavy atom. The van der Waals surface area contributed by atoms with Crippen LogP contribution in [-0.4, -0.2) is 18.6 Å². The first-order chi connectivity index (χ1) is 7.38. The summed E-state index contributed by atoms with van der Waals surface area (Å²) in [5, 5.41) is 3.57. The summed E-state index contributed by atoms with van der Waals surface area (Å²) < 4.78 is 5.16. The summed E-state index contributed by atoms with van der Waals surface area (Å²) in [5.41, 5.74) is 2.81. The van der Waals surface area contributed by atoms with Crippen LogP contribution in [0, 0.1) is 5.92 Å². The zero-order chi connectivity index (χ0) is 10.3. The second-order valence-corrected chi connectivity index (χ2v) is 4.44.